The predicted octanol–water partition coefficient (Wildman–Crippen LogP) is 9.50. The Bertz CT molecular complexity index is 2760. The van der Waals surface area contributed by atoms with Crippen LogP contribution in [0.4, 0.5) is 0 Å². The number of hydrogen-bond donors (Lipinski definition) is 0. The first-order valence-electron chi connectivity index (χ1n) is 27.9. The fourth-order valence-electron chi connectivity index (χ4n) is 12.2. The van der Waals surface area contributed by atoms with Crippen LogP contribution >= 0.6 is 0 Å². The number of aryl methyl sites for hydroxylation is 2. The van der Waals surface area contributed by atoms with Gasteiger partial charge in [-0.05, 0) is 82.6 Å². The van der Waals surface area contributed by atoms with E-state index in [-0.39, 0.29) is 50.1 Å². The molecule has 5 aromatic carbocycles. The maximum atomic E-state index is 13.3. The van der Waals surface area contributed by atoms with Crippen LogP contribution in [-0.4, -0.2) is 160 Å². The van der Waals surface area contributed by atoms with Gasteiger partial charge in [0, 0.05) is 51.4 Å². The molecule has 0 aliphatic carbocycles. The Hall–Kier alpha value is -7.44. The summed E-state index contributed by atoms with van der Waals surface area (Å²) in [6.45, 7) is 3.70. The summed E-state index contributed by atoms with van der Waals surface area (Å²) in [5, 5.41) is 0. The van der Waals surface area contributed by atoms with E-state index in [9.17, 15) is 9.59 Å². The molecule has 0 aromatic heterocycles. The number of hydrogen-bond acceptors (Lipinski definition) is 16. The van der Waals surface area contributed by atoms with Crippen LogP contribution in [0.5, 0.6) is 69.0 Å². The zero-order valence-electron chi connectivity index (χ0n) is 50.7. The third kappa shape index (κ3) is 13.7. The number of benzene rings is 5. The number of ether oxygens (including phenoxy) is 14. The number of quaternary nitrogens is 2. The molecule has 446 valence electrons. The summed E-state index contributed by atoms with van der Waals surface area (Å²) in [6.07, 6.45) is 5.59. The highest BCUT2D eigenvalue weighted by Gasteiger charge is 2.45. The van der Waals surface area contributed by atoms with Crippen LogP contribution in [0.1, 0.15) is 82.3 Å². The molecule has 0 saturated heterocycles. The Morgan fingerprint density at radius 1 is 0.415 bits per heavy atom. The van der Waals surface area contributed by atoms with Crippen molar-refractivity contribution in [2.45, 2.75) is 76.3 Å². The Morgan fingerprint density at radius 3 is 1.06 bits per heavy atom. The minimum absolute atomic E-state index is 0.0795. The molecule has 0 radical (unpaired) electrons. The van der Waals surface area contributed by atoms with Crippen LogP contribution < -0.4 is 56.8 Å². The van der Waals surface area contributed by atoms with Crippen molar-refractivity contribution in [3.63, 3.8) is 0 Å². The van der Waals surface area contributed by atoms with Gasteiger partial charge in [0.25, 0.3) is 0 Å². The van der Waals surface area contributed by atoms with Gasteiger partial charge < -0.3 is 75.3 Å². The molecule has 2 heterocycles. The normalized spacial score (nSPS) is 18.0. The standard InChI is InChI=1S/C64H86N2O16/c1-65(28-24-45-39-53(73-7)61(77-11)63(79-13)57(45)47(65)33-43-35-49(69-3)59(75-9)50(36-43)70-4)26-16-30-81-55(67)22-20-41-18-15-19-42(32-41)21-23-56(68)82-31-17-27-66(2)29-25-46-40-54(74-8)62(78-12)64(80-14)58(46)48(66)34-44-37-51(71-5)60(76-10)52(38-44)72-6/h15,18-19,32,35-40,47-48H,16-17,20-31,33-34H2,1-14H3/q+2/t47-,48-,65-,66-/m1/s1. The molecule has 0 fully saturated rings. The van der Waals surface area contributed by atoms with Crippen molar-refractivity contribution in [1.82, 2.24) is 0 Å². The van der Waals surface area contributed by atoms with Gasteiger partial charge in [-0.25, -0.2) is 0 Å². The van der Waals surface area contributed by atoms with Gasteiger partial charge in [0.05, 0.1) is 150 Å². The Balaban J connectivity index is 0.930. The topological polar surface area (TPSA) is 163 Å². The lowest BCUT2D eigenvalue weighted by Gasteiger charge is -2.46. The molecule has 5 aromatic rings. The van der Waals surface area contributed by atoms with E-state index in [2.05, 4.69) is 32.3 Å². The number of likely N-dealkylation sites (N-methyl/N-ethyl adjacent to an activating group) is 2. The number of rotatable bonds is 30. The summed E-state index contributed by atoms with van der Waals surface area (Å²) in [7, 11) is 24.0. The summed E-state index contributed by atoms with van der Waals surface area (Å²) in [5.74, 6) is 6.44. The number of nitrogens with zero attached hydrogens (tertiary/aromatic N) is 2. The molecule has 0 saturated carbocycles. The van der Waals surface area contributed by atoms with E-state index in [1.165, 1.54) is 0 Å². The fraction of sp³-hybridized carbons (Fsp3) is 0.500. The molecule has 0 bridgehead atoms. The zero-order chi connectivity index (χ0) is 59.1. The predicted molar refractivity (Wildman–Crippen MR) is 311 cm³/mol. The monoisotopic (exact) mass is 1140 g/mol. The second-order valence-corrected chi connectivity index (χ2v) is 21.3. The van der Waals surface area contributed by atoms with Crippen LogP contribution in [0.3, 0.4) is 0 Å². The van der Waals surface area contributed by atoms with E-state index in [0.29, 0.717) is 116 Å². The maximum absolute atomic E-state index is 13.3. The average molecular weight is 1140 g/mol. The van der Waals surface area contributed by atoms with E-state index in [1.54, 1.807) is 85.3 Å². The number of carbonyl (C=O) groups is 2. The number of fused-ring (bicyclic) bond motifs is 2. The SMILES string of the molecule is COc1cc(C[C@@H]2c3c(cc(OC)c(OC)c3OC)CC[N@@+]2(C)CCCOC(=O)CCc2cccc(CCC(=O)OCCC[N@+]3(C)CCc4cc(OC)c(OC)c(OC)c4[C@H]3Cc3cc(OC)c(OC)c(OC)c3)c2)cc(OC)c1OC. The first-order chi connectivity index (χ1) is 39.6. The summed E-state index contributed by atoms with van der Waals surface area (Å²) in [5.41, 5.74) is 8.36. The summed E-state index contributed by atoms with van der Waals surface area (Å²) >= 11 is 0. The molecule has 18 nitrogen and oxygen atoms in total. The van der Waals surface area contributed by atoms with Gasteiger partial charge >= 0.3 is 11.9 Å². The highest BCUT2D eigenvalue weighted by Crippen LogP contribution is 2.53. The first-order valence-corrected chi connectivity index (χ1v) is 27.9. The first kappa shape index (κ1) is 62.2. The van der Waals surface area contributed by atoms with Gasteiger partial charge in [0.1, 0.15) is 12.1 Å². The van der Waals surface area contributed by atoms with Crippen molar-refractivity contribution in [3.8, 4) is 69.0 Å². The lowest BCUT2D eigenvalue weighted by atomic mass is 9.85. The van der Waals surface area contributed by atoms with E-state index in [4.69, 9.17) is 66.3 Å². The molecule has 18 heteroatoms. The highest BCUT2D eigenvalue weighted by atomic mass is 16.6. The van der Waals surface area contributed by atoms with Crippen LogP contribution in [0, 0.1) is 0 Å². The Kier molecular flexibility index (Phi) is 21.6. The molecule has 4 atom stereocenters. The van der Waals surface area contributed by atoms with Crippen molar-refractivity contribution in [3.05, 3.63) is 105 Å². The van der Waals surface area contributed by atoms with Gasteiger partial charge in [0.2, 0.25) is 23.0 Å². The van der Waals surface area contributed by atoms with Gasteiger partial charge in [-0.2, -0.15) is 0 Å². The van der Waals surface area contributed by atoms with Crippen molar-refractivity contribution >= 4 is 11.9 Å². The molecule has 82 heavy (non-hydrogen) atoms. The highest BCUT2D eigenvalue weighted by molar-refractivity contribution is 5.70. The smallest absolute Gasteiger partial charge is 0.306 e. The molecular formula is C64H86N2O16+2. The largest absolute Gasteiger partial charge is 0.493 e. The Morgan fingerprint density at radius 2 is 0.744 bits per heavy atom. The third-order valence-electron chi connectivity index (χ3n) is 16.6. The van der Waals surface area contributed by atoms with Gasteiger partial charge in [0.15, 0.2) is 46.0 Å². The van der Waals surface area contributed by atoms with E-state index < -0.39 is 0 Å². The molecule has 2 aliphatic heterocycles. The van der Waals surface area contributed by atoms with Crippen molar-refractivity contribution in [1.29, 1.82) is 0 Å². The number of esters is 2. The fourth-order valence-corrected chi connectivity index (χ4v) is 12.2. The van der Waals surface area contributed by atoms with Crippen molar-refractivity contribution < 1.29 is 84.9 Å². The quantitative estimate of drug-likeness (QED) is 0.0242. The van der Waals surface area contributed by atoms with Gasteiger partial charge in [-0.3, -0.25) is 9.59 Å². The lowest BCUT2D eigenvalue weighted by Crippen LogP contribution is -2.53. The van der Waals surface area contributed by atoms with Crippen molar-refractivity contribution in [2.75, 3.05) is 139 Å². The minimum Gasteiger partial charge on any atom is -0.493 e. The van der Waals surface area contributed by atoms with Gasteiger partial charge in [-0.1, -0.05) is 24.3 Å². The molecule has 0 spiro atoms. The molecule has 0 unspecified atom stereocenters. The van der Waals surface area contributed by atoms with Crippen LogP contribution in [0.2, 0.25) is 0 Å². The summed E-state index contributed by atoms with van der Waals surface area (Å²) in [6, 6.07) is 19.9. The Labute approximate surface area is 484 Å². The van der Waals surface area contributed by atoms with Crippen LogP contribution in [0.15, 0.2) is 60.7 Å². The van der Waals surface area contributed by atoms with Gasteiger partial charge in [-0.15, -0.1) is 0 Å². The molecule has 2 aliphatic rings. The lowest BCUT2D eigenvalue weighted by molar-refractivity contribution is -0.941. The summed E-state index contributed by atoms with van der Waals surface area (Å²) < 4.78 is 82.8. The van der Waals surface area contributed by atoms with E-state index in [1.807, 2.05) is 42.5 Å². The number of carbonyl (C=O) groups excluding carboxylic acids is 2. The molecule has 7 rings (SSSR count). The average Bonchev–Trinajstić information content (AvgIpc) is 3.45. The molecular weight excluding hydrogens is 1050 g/mol. The van der Waals surface area contributed by atoms with E-state index >= 15 is 0 Å². The number of methoxy groups -OCH3 is 12. The van der Waals surface area contributed by atoms with Crippen molar-refractivity contribution in [2.24, 2.45) is 0 Å². The second kappa shape index (κ2) is 28.5. The molecule has 0 amide bonds. The van der Waals surface area contributed by atoms with E-state index in [0.717, 1.165) is 83.5 Å². The minimum atomic E-state index is -0.260. The molecule has 0 N–H and O–H groups in total. The maximum Gasteiger partial charge on any atom is 0.306 e. The zero-order valence-corrected chi connectivity index (χ0v) is 50.7. The summed E-state index contributed by atoms with van der Waals surface area (Å²) in [4.78, 5) is 26.5. The third-order valence-corrected chi connectivity index (χ3v) is 16.6. The second-order valence-electron chi connectivity index (χ2n) is 21.3. The van der Waals surface area contributed by atoms with Crippen LogP contribution in [0.25, 0.3) is 0 Å². The van der Waals surface area contributed by atoms with Crippen LogP contribution in [-0.2, 0) is 57.6 Å².